The number of carbonyl (C=O) groups is 2. The molecule has 10 heteroatoms. The molecule has 1 spiro atoms. The summed E-state index contributed by atoms with van der Waals surface area (Å²) in [6.45, 7) is 0.693. The average molecular weight is 402 g/mol. The molecule has 0 bridgehead atoms. The van der Waals surface area contributed by atoms with Crippen molar-refractivity contribution < 1.29 is 37.0 Å². The maximum absolute atomic E-state index is 12.5. The van der Waals surface area contributed by atoms with Crippen LogP contribution in [0.1, 0.15) is 12.0 Å². The van der Waals surface area contributed by atoms with Crippen LogP contribution in [-0.2, 0) is 25.6 Å². The molecule has 0 aliphatic carbocycles. The van der Waals surface area contributed by atoms with Gasteiger partial charge in [-0.05, 0) is 5.56 Å². The Kier molecular flexibility index (Phi) is 6.09. The molecule has 1 atom stereocenters. The van der Waals surface area contributed by atoms with Gasteiger partial charge in [0.1, 0.15) is 6.61 Å². The monoisotopic (exact) mass is 402 g/mol. The van der Waals surface area contributed by atoms with Gasteiger partial charge in [0, 0.05) is 32.0 Å². The van der Waals surface area contributed by atoms with Crippen LogP contribution in [0.4, 0.5) is 18.0 Å². The molecule has 2 aliphatic rings. The first-order valence-corrected chi connectivity index (χ1v) is 8.89. The van der Waals surface area contributed by atoms with Gasteiger partial charge in [-0.25, -0.2) is 4.79 Å². The molecule has 1 aromatic carbocycles. The molecular weight excluding hydrogens is 381 g/mol. The second-order valence-electron chi connectivity index (χ2n) is 6.65. The van der Waals surface area contributed by atoms with Crippen molar-refractivity contribution >= 4 is 12.0 Å². The number of rotatable bonds is 4. The van der Waals surface area contributed by atoms with Crippen LogP contribution < -0.4 is 5.32 Å². The molecule has 2 aliphatic heterocycles. The van der Waals surface area contributed by atoms with Gasteiger partial charge in [0.2, 0.25) is 0 Å². The van der Waals surface area contributed by atoms with Gasteiger partial charge >= 0.3 is 18.2 Å². The molecule has 0 radical (unpaired) electrons. The van der Waals surface area contributed by atoms with Gasteiger partial charge in [-0.3, -0.25) is 4.79 Å². The zero-order valence-corrected chi connectivity index (χ0v) is 15.0. The van der Waals surface area contributed by atoms with Gasteiger partial charge in [-0.1, -0.05) is 30.3 Å². The van der Waals surface area contributed by atoms with Crippen LogP contribution in [0.2, 0.25) is 0 Å². The molecule has 2 saturated heterocycles. The number of nitrogens with zero attached hydrogens (tertiary/aromatic N) is 1. The standard InChI is InChI=1S/C18H21F3N2O5/c19-18(20,21)15(24)22-10-14-11-23(7-6-17(14)27-8-9-28-17)16(25)26-12-13-4-2-1-3-5-13/h1-5,14H,6-12H2,(H,22,24). The highest BCUT2D eigenvalue weighted by atomic mass is 19.4. The third-order valence-electron chi connectivity index (χ3n) is 4.80. The van der Waals surface area contributed by atoms with E-state index in [1.807, 2.05) is 35.6 Å². The summed E-state index contributed by atoms with van der Waals surface area (Å²) in [5.41, 5.74) is 0.820. The summed E-state index contributed by atoms with van der Waals surface area (Å²) in [5.74, 6) is -3.79. The van der Waals surface area contributed by atoms with E-state index in [9.17, 15) is 22.8 Å². The van der Waals surface area contributed by atoms with Crippen LogP contribution in [0.3, 0.4) is 0 Å². The molecule has 28 heavy (non-hydrogen) atoms. The summed E-state index contributed by atoms with van der Waals surface area (Å²) in [7, 11) is 0. The highest BCUT2D eigenvalue weighted by Crippen LogP contribution is 2.36. The van der Waals surface area contributed by atoms with Crippen LogP contribution in [0, 0.1) is 5.92 Å². The topological polar surface area (TPSA) is 77.1 Å². The van der Waals surface area contributed by atoms with Crippen molar-refractivity contribution in [2.45, 2.75) is 25.0 Å². The van der Waals surface area contributed by atoms with E-state index in [0.717, 1.165) is 5.56 Å². The summed E-state index contributed by atoms with van der Waals surface area (Å²) < 4.78 is 54.0. The van der Waals surface area contributed by atoms with Crippen molar-refractivity contribution in [1.82, 2.24) is 10.2 Å². The van der Waals surface area contributed by atoms with E-state index in [4.69, 9.17) is 14.2 Å². The van der Waals surface area contributed by atoms with E-state index in [1.165, 1.54) is 4.90 Å². The van der Waals surface area contributed by atoms with Crippen LogP contribution in [-0.4, -0.2) is 61.7 Å². The Morgan fingerprint density at radius 1 is 1.21 bits per heavy atom. The van der Waals surface area contributed by atoms with Gasteiger partial charge in [0.05, 0.1) is 13.2 Å². The Labute approximate surface area is 159 Å². The minimum atomic E-state index is -4.98. The fraction of sp³-hybridized carbons (Fsp3) is 0.556. The zero-order valence-electron chi connectivity index (χ0n) is 15.0. The molecule has 1 aromatic rings. The van der Waals surface area contributed by atoms with Gasteiger partial charge in [-0.15, -0.1) is 0 Å². The zero-order chi connectivity index (χ0) is 20.2. The summed E-state index contributed by atoms with van der Waals surface area (Å²) in [4.78, 5) is 24.9. The molecule has 3 rings (SSSR count). The number of carbonyl (C=O) groups excluding carboxylic acids is 2. The first kappa shape index (κ1) is 20.4. The second kappa shape index (κ2) is 8.36. The largest absolute Gasteiger partial charge is 0.471 e. The number of likely N-dealkylation sites (tertiary alicyclic amines) is 1. The van der Waals surface area contributed by atoms with E-state index in [0.29, 0.717) is 13.2 Å². The Bertz CT molecular complexity index is 692. The maximum atomic E-state index is 12.5. The number of hydrogen-bond acceptors (Lipinski definition) is 5. The molecule has 7 nitrogen and oxygen atoms in total. The number of nitrogens with one attached hydrogen (secondary N) is 1. The lowest BCUT2D eigenvalue weighted by molar-refractivity contribution is -0.218. The molecule has 2 heterocycles. The van der Waals surface area contributed by atoms with Crippen molar-refractivity contribution in [3.63, 3.8) is 0 Å². The fourth-order valence-corrected chi connectivity index (χ4v) is 3.35. The van der Waals surface area contributed by atoms with Crippen LogP contribution in [0.5, 0.6) is 0 Å². The van der Waals surface area contributed by atoms with Crippen molar-refractivity contribution in [1.29, 1.82) is 0 Å². The highest BCUT2D eigenvalue weighted by Gasteiger charge is 2.50. The van der Waals surface area contributed by atoms with Crippen LogP contribution in [0.15, 0.2) is 30.3 Å². The molecule has 2 amide bonds. The average Bonchev–Trinajstić information content (AvgIpc) is 3.14. The third kappa shape index (κ3) is 4.74. The first-order chi connectivity index (χ1) is 13.3. The third-order valence-corrected chi connectivity index (χ3v) is 4.80. The number of hydrogen-bond donors (Lipinski definition) is 1. The minimum absolute atomic E-state index is 0.0474. The maximum Gasteiger partial charge on any atom is 0.471 e. The summed E-state index contributed by atoms with van der Waals surface area (Å²) in [5, 5.41) is 1.86. The molecule has 0 aromatic heterocycles. The lowest BCUT2D eigenvalue weighted by Gasteiger charge is -2.43. The molecule has 2 fully saturated rings. The molecule has 1 unspecified atom stereocenters. The smallest absolute Gasteiger partial charge is 0.445 e. The number of ether oxygens (including phenoxy) is 3. The van der Waals surface area contributed by atoms with E-state index in [1.54, 1.807) is 0 Å². The summed E-state index contributed by atoms with van der Waals surface area (Å²) in [6, 6.07) is 9.11. The fourth-order valence-electron chi connectivity index (χ4n) is 3.35. The number of halogens is 3. The van der Waals surface area contributed by atoms with Gasteiger partial charge < -0.3 is 24.4 Å². The number of amides is 2. The number of benzene rings is 1. The summed E-state index contributed by atoms with van der Waals surface area (Å²) >= 11 is 0. The molecule has 0 saturated carbocycles. The first-order valence-electron chi connectivity index (χ1n) is 8.89. The van der Waals surface area contributed by atoms with E-state index in [2.05, 4.69) is 0 Å². The predicted octanol–water partition coefficient (Wildman–Crippen LogP) is 2.07. The molecular formula is C18H21F3N2O5. The Hall–Kier alpha value is -2.33. The normalized spacial score (nSPS) is 21.5. The molecule has 1 N–H and O–H groups in total. The Balaban J connectivity index is 1.60. The quantitative estimate of drug-likeness (QED) is 0.835. The lowest BCUT2D eigenvalue weighted by atomic mass is 9.90. The van der Waals surface area contributed by atoms with E-state index >= 15 is 0 Å². The van der Waals surface area contributed by atoms with Crippen LogP contribution >= 0.6 is 0 Å². The van der Waals surface area contributed by atoms with Crippen LogP contribution in [0.25, 0.3) is 0 Å². The van der Waals surface area contributed by atoms with Crippen molar-refractivity contribution in [2.24, 2.45) is 5.92 Å². The van der Waals surface area contributed by atoms with Crippen molar-refractivity contribution in [3.05, 3.63) is 35.9 Å². The number of alkyl halides is 3. The lowest BCUT2D eigenvalue weighted by Crippen LogP contribution is -2.58. The second-order valence-corrected chi connectivity index (χ2v) is 6.65. The summed E-state index contributed by atoms with van der Waals surface area (Å²) in [6.07, 6.45) is -5.28. The Morgan fingerprint density at radius 3 is 2.54 bits per heavy atom. The van der Waals surface area contributed by atoms with Crippen molar-refractivity contribution in [2.75, 3.05) is 32.8 Å². The SMILES string of the molecule is O=C(OCc1ccccc1)N1CCC2(OCCO2)C(CNC(=O)C(F)(F)F)C1. The molecule has 154 valence electrons. The van der Waals surface area contributed by atoms with E-state index < -0.39 is 29.9 Å². The highest BCUT2D eigenvalue weighted by molar-refractivity contribution is 5.81. The van der Waals surface area contributed by atoms with E-state index in [-0.39, 0.29) is 32.7 Å². The van der Waals surface area contributed by atoms with Gasteiger partial charge in [-0.2, -0.15) is 13.2 Å². The van der Waals surface area contributed by atoms with Gasteiger partial charge in [0.15, 0.2) is 5.79 Å². The number of piperidine rings is 1. The van der Waals surface area contributed by atoms with Crippen molar-refractivity contribution in [3.8, 4) is 0 Å². The predicted molar refractivity (Wildman–Crippen MR) is 90.0 cm³/mol. The Morgan fingerprint density at radius 2 is 1.89 bits per heavy atom. The minimum Gasteiger partial charge on any atom is -0.445 e. The van der Waals surface area contributed by atoms with Gasteiger partial charge in [0.25, 0.3) is 0 Å².